The molecular formula is C21H34IN9O. The maximum absolute atomic E-state index is 4.94. The first-order chi connectivity index (χ1) is 15.3. The van der Waals surface area contributed by atoms with Gasteiger partial charge in [-0.05, 0) is 13.0 Å². The molecule has 0 aliphatic carbocycles. The molecule has 0 atom stereocenters. The minimum Gasteiger partial charge on any atom is -0.364 e. The van der Waals surface area contributed by atoms with Gasteiger partial charge in [-0.2, -0.15) is 0 Å². The number of guanidine groups is 1. The van der Waals surface area contributed by atoms with Crippen molar-refractivity contribution in [3.05, 3.63) is 36.5 Å². The molecule has 4 rings (SSSR count). The van der Waals surface area contributed by atoms with Crippen LogP contribution in [0.5, 0.6) is 0 Å². The molecular weight excluding hydrogens is 521 g/mol. The highest BCUT2D eigenvalue weighted by Gasteiger charge is 2.21. The smallest absolute Gasteiger partial charge is 0.225 e. The van der Waals surface area contributed by atoms with Gasteiger partial charge in [0.25, 0.3) is 0 Å². The van der Waals surface area contributed by atoms with E-state index in [0.717, 1.165) is 96.1 Å². The highest BCUT2D eigenvalue weighted by molar-refractivity contribution is 14.0. The number of anilines is 1. The van der Waals surface area contributed by atoms with Crippen LogP contribution in [0.1, 0.15) is 12.6 Å². The molecule has 32 heavy (non-hydrogen) atoms. The topological polar surface area (TPSA) is 89.2 Å². The van der Waals surface area contributed by atoms with E-state index in [9.17, 15) is 0 Å². The summed E-state index contributed by atoms with van der Waals surface area (Å²) in [7, 11) is 0. The van der Waals surface area contributed by atoms with E-state index in [2.05, 4.69) is 47.0 Å². The molecule has 0 unspecified atom stereocenters. The summed E-state index contributed by atoms with van der Waals surface area (Å²) < 4.78 is 4.94. The lowest BCUT2D eigenvalue weighted by atomic mass is 10.3. The number of rotatable bonds is 7. The van der Waals surface area contributed by atoms with Crippen LogP contribution in [0.3, 0.4) is 0 Å². The number of piperazine rings is 2. The normalized spacial score (nSPS) is 18.5. The minimum atomic E-state index is 0. The first-order valence-corrected chi connectivity index (χ1v) is 11.2. The fraction of sp³-hybridized carbons (Fsp3) is 0.619. The van der Waals surface area contributed by atoms with Crippen LogP contribution in [0.25, 0.3) is 0 Å². The lowest BCUT2D eigenvalue weighted by Gasteiger charge is -2.36. The summed E-state index contributed by atoms with van der Waals surface area (Å²) in [5.41, 5.74) is 0.993. The second kappa shape index (κ2) is 12.9. The van der Waals surface area contributed by atoms with Crippen molar-refractivity contribution >= 4 is 35.9 Å². The summed E-state index contributed by atoms with van der Waals surface area (Å²) in [6.07, 6.45) is 5.25. The summed E-state index contributed by atoms with van der Waals surface area (Å²) >= 11 is 0. The molecule has 0 radical (unpaired) electrons. The van der Waals surface area contributed by atoms with E-state index in [4.69, 9.17) is 9.52 Å². The SMILES string of the molecule is CCNC(=NCCN1CCN(c2ncccn2)CC1)N1CCN(Cc2ccon2)CC1.I. The Morgan fingerprint density at radius 2 is 1.75 bits per heavy atom. The first-order valence-electron chi connectivity index (χ1n) is 11.2. The van der Waals surface area contributed by atoms with Gasteiger partial charge in [0.05, 0.1) is 12.2 Å². The second-order valence-corrected chi connectivity index (χ2v) is 7.87. The van der Waals surface area contributed by atoms with Gasteiger partial charge in [-0.25, -0.2) is 9.97 Å². The molecule has 0 amide bonds. The van der Waals surface area contributed by atoms with Crippen LogP contribution in [0, 0.1) is 0 Å². The zero-order valence-corrected chi connectivity index (χ0v) is 21.1. The van der Waals surface area contributed by atoms with E-state index in [1.54, 1.807) is 18.7 Å². The van der Waals surface area contributed by atoms with Crippen molar-refractivity contribution < 1.29 is 4.52 Å². The number of aliphatic imine (C=N–C) groups is 1. The Morgan fingerprint density at radius 3 is 2.41 bits per heavy atom. The van der Waals surface area contributed by atoms with Crippen molar-refractivity contribution in [2.45, 2.75) is 13.5 Å². The van der Waals surface area contributed by atoms with E-state index >= 15 is 0 Å². The van der Waals surface area contributed by atoms with E-state index in [0.29, 0.717) is 0 Å². The van der Waals surface area contributed by atoms with Gasteiger partial charge < -0.3 is 19.6 Å². The van der Waals surface area contributed by atoms with Gasteiger partial charge in [0.1, 0.15) is 6.26 Å². The molecule has 10 nitrogen and oxygen atoms in total. The van der Waals surface area contributed by atoms with Gasteiger partial charge in [0.2, 0.25) is 5.95 Å². The molecule has 2 fully saturated rings. The predicted octanol–water partition coefficient (Wildman–Crippen LogP) is 0.988. The third-order valence-electron chi connectivity index (χ3n) is 5.77. The van der Waals surface area contributed by atoms with Gasteiger partial charge in [-0.1, -0.05) is 5.16 Å². The van der Waals surface area contributed by atoms with Crippen LogP contribution in [0.15, 0.2) is 40.3 Å². The Balaban J connectivity index is 0.00000289. The maximum atomic E-state index is 4.94. The molecule has 4 heterocycles. The highest BCUT2D eigenvalue weighted by atomic mass is 127. The van der Waals surface area contributed by atoms with E-state index in [1.807, 2.05) is 12.1 Å². The van der Waals surface area contributed by atoms with Crippen LogP contribution in [-0.2, 0) is 6.54 Å². The summed E-state index contributed by atoms with van der Waals surface area (Å²) in [5, 5.41) is 7.49. The quantitative estimate of drug-likeness (QED) is 0.305. The third kappa shape index (κ3) is 7.01. The first kappa shape index (κ1) is 24.6. The maximum Gasteiger partial charge on any atom is 0.225 e. The van der Waals surface area contributed by atoms with Gasteiger partial charge >= 0.3 is 0 Å². The second-order valence-electron chi connectivity index (χ2n) is 7.87. The third-order valence-corrected chi connectivity index (χ3v) is 5.77. The van der Waals surface area contributed by atoms with Gasteiger partial charge in [0.15, 0.2) is 5.96 Å². The molecule has 0 bridgehead atoms. The number of hydrogen-bond donors (Lipinski definition) is 1. The summed E-state index contributed by atoms with van der Waals surface area (Å²) in [6, 6.07) is 3.79. The van der Waals surface area contributed by atoms with E-state index in [-0.39, 0.29) is 24.0 Å². The van der Waals surface area contributed by atoms with Gasteiger partial charge in [-0.3, -0.25) is 14.8 Å². The lowest BCUT2D eigenvalue weighted by molar-refractivity contribution is 0.169. The van der Waals surface area contributed by atoms with Crippen LogP contribution in [-0.4, -0.2) is 108 Å². The molecule has 2 aliphatic heterocycles. The van der Waals surface area contributed by atoms with Crippen molar-refractivity contribution in [3.63, 3.8) is 0 Å². The van der Waals surface area contributed by atoms with Crippen molar-refractivity contribution in [1.29, 1.82) is 0 Å². The highest BCUT2D eigenvalue weighted by Crippen LogP contribution is 2.10. The van der Waals surface area contributed by atoms with Crippen LogP contribution in [0.4, 0.5) is 5.95 Å². The Labute approximate surface area is 207 Å². The fourth-order valence-corrected chi connectivity index (χ4v) is 4.02. The zero-order valence-electron chi connectivity index (χ0n) is 18.8. The average molecular weight is 555 g/mol. The van der Waals surface area contributed by atoms with Gasteiger partial charge in [0, 0.05) is 90.5 Å². The Morgan fingerprint density at radius 1 is 1.03 bits per heavy atom. The van der Waals surface area contributed by atoms with Crippen molar-refractivity contribution in [2.24, 2.45) is 4.99 Å². The number of halogens is 1. The van der Waals surface area contributed by atoms with Gasteiger partial charge in [-0.15, -0.1) is 24.0 Å². The Hall–Kier alpha value is -1.99. The summed E-state index contributed by atoms with van der Waals surface area (Å²) in [4.78, 5) is 23.1. The molecule has 176 valence electrons. The van der Waals surface area contributed by atoms with Crippen LogP contribution < -0.4 is 10.2 Å². The lowest BCUT2D eigenvalue weighted by Crippen LogP contribution is -2.52. The summed E-state index contributed by atoms with van der Waals surface area (Å²) in [6.45, 7) is 13.5. The molecule has 11 heteroatoms. The number of nitrogens with one attached hydrogen (secondary N) is 1. The molecule has 0 aromatic carbocycles. The zero-order chi connectivity index (χ0) is 21.3. The van der Waals surface area contributed by atoms with Crippen LogP contribution >= 0.6 is 24.0 Å². The fourth-order valence-electron chi connectivity index (χ4n) is 4.02. The number of hydrogen-bond acceptors (Lipinski definition) is 8. The predicted molar refractivity (Wildman–Crippen MR) is 135 cm³/mol. The average Bonchev–Trinajstić information content (AvgIpc) is 3.33. The van der Waals surface area contributed by atoms with Crippen molar-refractivity contribution in [3.8, 4) is 0 Å². The van der Waals surface area contributed by atoms with E-state index in [1.165, 1.54) is 0 Å². The molecule has 2 saturated heterocycles. The molecule has 0 spiro atoms. The number of nitrogens with zero attached hydrogens (tertiary/aromatic N) is 8. The van der Waals surface area contributed by atoms with Crippen LogP contribution in [0.2, 0.25) is 0 Å². The van der Waals surface area contributed by atoms with E-state index < -0.39 is 0 Å². The molecule has 2 aromatic rings. The number of aromatic nitrogens is 3. The van der Waals surface area contributed by atoms with Crippen molar-refractivity contribution in [1.82, 2.24) is 35.1 Å². The monoisotopic (exact) mass is 555 g/mol. The molecule has 1 N–H and O–H groups in total. The Kier molecular flexibility index (Phi) is 9.93. The molecule has 2 aromatic heterocycles. The Bertz CT molecular complexity index is 789. The molecule has 0 saturated carbocycles. The molecule has 2 aliphatic rings. The standard InChI is InChI=1S/C21H33N9O.HI/c1-2-22-20(29-15-11-28(12-16-29)18-19-4-17-31-26-19)25-7-8-27-9-13-30(14-10-27)21-23-5-3-6-24-21;/h3-6,17H,2,7-16,18H2,1H3,(H,22,25);1H. The minimum absolute atomic E-state index is 0. The summed E-state index contributed by atoms with van der Waals surface area (Å²) in [5.74, 6) is 1.86. The van der Waals surface area contributed by atoms with Crippen molar-refractivity contribution in [2.75, 3.05) is 76.9 Å². The largest absolute Gasteiger partial charge is 0.364 e.